The molecule has 0 radical (unpaired) electrons. The minimum atomic E-state index is -0.572. The fraction of sp³-hybridized carbons (Fsp3) is 0.958. The molecule has 0 aromatic rings. The minimum absolute atomic E-state index is 0.00941. The maximum absolute atomic E-state index is 13.2. The van der Waals surface area contributed by atoms with Gasteiger partial charge in [0, 0.05) is 12.5 Å². The maximum atomic E-state index is 13.2. The number of carbonyl (C=O) groups excluding carboxylic acids is 1. The zero-order valence-corrected chi connectivity index (χ0v) is 18.7. The van der Waals surface area contributed by atoms with E-state index in [1.807, 2.05) is 11.9 Å². The van der Waals surface area contributed by atoms with Gasteiger partial charge >= 0.3 is 0 Å². The second-order valence-electron chi connectivity index (χ2n) is 11.7. The van der Waals surface area contributed by atoms with Gasteiger partial charge < -0.3 is 10.2 Å². The molecule has 5 rings (SSSR count). The van der Waals surface area contributed by atoms with Crippen molar-refractivity contribution in [3.63, 3.8) is 0 Å². The molecule has 4 fully saturated rings. The molecule has 1 unspecified atom stereocenters. The molecule has 168 valence electrons. The van der Waals surface area contributed by atoms with E-state index in [9.17, 15) is 15.0 Å². The van der Waals surface area contributed by atoms with Crippen LogP contribution in [-0.4, -0.2) is 52.8 Å². The molecule has 0 saturated heterocycles. The predicted octanol–water partition coefficient (Wildman–Crippen LogP) is 3.62. The first-order chi connectivity index (χ1) is 14.3. The number of hydrogen-bond donors (Lipinski definition) is 2. The van der Waals surface area contributed by atoms with E-state index in [2.05, 4.69) is 17.3 Å². The SMILES string of the molecule is C[C@@]1(O)CC[C@]2(CO)C3CC[C@]4(C)[C@@H](C(=O)CN5CCN=N5)CC[C@H]4[C@@H]3CC[C@H]2C1. The van der Waals surface area contributed by atoms with Crippen LogP contribution in [0, 0.1) is 40.4 Å². The average molecular weight is 418 g/mol. The van der Waals surface area contributed by atoms with Crippen molar-refractivity contribution in [2.24, 2.45) is 50.8 Å². The maximum Gasteiger partial charge on any atom is 0.157 e. The highest BCUT2D eigenvalue weighted by Gasteiger charge is 2.62. The Bertz CT molecular complexity index is 724. The predicted molar refractivity (Wildman–Crippen MR) is 114 cm³/mol. The number of nitrogens with zero attached hydrogens (tertiary/aromatic N) is 3. The molecule has 0 aromatic carbocycles. The van der Waals surface area contributed by atoms with Crippen LogP contribution in [0.25, 0.3) is 0 Å². The summed E-state index contributed by atoms with van der Waals surface area (Å²) in [6.07, 6.45) is 9.31. The fourth-order valence-corrected chi connectivity index (χ4v) is 8.81. The molecule has 4 aliphatic carbocycles. The number of aliphatic hydroxyl groups excluding tert-OH is 1. The summed E-state index contributed by atoms with van der Waals surface area (Å²) in [5.41, 5.74) is -0.486. The van der Waals surface area contributed by atoms with Crippen LogP contribution in [0.2, 0.25) is 0 Å². The summed E-state index contributed by atoms with van der Waals surface area (Å²) >= 11 is 0. The Kier molecular flexibility index (Phi) is 5.05. The lowest BCUT2D eigenvalue weighted by molar-refractivity contribution is -0.171. The van der Waals surface area contributed by atoms with Gasteiger partial charge in [0.1, 0.15) is 0 Å². The first-order valence-corrected chi connectivity index (χ1v) is 12.3. The Balaban J connectivity index is 1.36. The molecule has 1 aliphatic heterocycles. The van der Waals surface area contributed by atoms with E-state index in [0.29, 0.717) is 42.5 Å². The van der Waals surface area contributed by atoms with Gasteiger partial charge in [-0.25, -0.2) is 0 Å². The van der Waals surface area contributed by atoms with Gasteiger partial charge in [0.2, 0.25) is 0 Å². The van der Waals surface area contributed by atoms with E-state index < -0.39 is 5.60 Å². The largest absolute Gasteiger partial charge is 0.396 e. The summed E-state index contributed by atoms with van der Waals surface area (Å²) in [5.74, 6) is 2.72. The number of fused-ring (bicyclic) bond motifs is 5. The lowest BCUT2D eigenvalue weighted by atomic mass is 9.43. The van der Waals surface area contributed by atoms with Crippen molar-refractivity contribution in [1.29, 1.82) is 0 Å². The quantitative estimate of drug-likeness (QED) is 0.731. The molecule has 1 heterocycles. The van der Waals surface area contributed by atoms with Gasteiger partial charge in [-0.15, -0.1) is 0 Å². The summed E-state index contributed by atoms with van der Waals surface area (Å²) in [7, 11) is 0. The zero-order chi connectivity index (χ0) is 21.1. The molecule has 6 nitrogen and oxygen atoms in total. The lowest BCUT2D eigenvalue weighted by Gasteiger charge is -2.62. The molecule has 4 saturated carbocycles. The van der Waals surface area contributed by atoms with Gasteiger partial charge in [-0.3, -0.25) is 9.80 Å². The van der Waals surface area contributed by atoms with Crippen molar-refractivity contribution in [2.45, 2.75) is 77.2 Å². The Morgan fingerprint density at radius 2 is 1.90 bits per heavy atom. The molecule has 0 bridgehead atoms. The van der Waals surface area contributed by atoms with E-state index >= 15 is 0 Å². The number of carbonyl (C=O) groups is 1. The second kappa shape index (κ2) is 7.26. The van der Waals surface area contributed by atoms with Gasteiger partial charge in [0.15, 0.2) is 5.78 Å². The van der Waals surface area contributed by atoms with Gasteiger partial charge in [0.05, 0.1) is 25.2 Å². The van der Waals surface area contributed by atoms with E-state index in [1.54, 1.807) is 0 Å². The topological polar surface area (TPSA) is 85.5 Å². The summed E-state index contributed by atoms with van der Waals surface area (Å²) < 4.78 is 0. The Hall–Kier alpha value is -1.01. The third kappa shape index (κ3) is 3.08. The number of aliphatic hydroxyl groups is 2. The molecule has 0 aromatic heterocycles. The van der Waals surface area contributed by atoms with E-state index in [4.69, 9.17) is 0 Å². The first kappa shape index (κ1) is 20.9. The standard InChI is InChI=1S/C24H39N3O3/c1-22(30)9-10-24(15-28)16(13-22)3-4-17-18-5-6-20(23(18,2)8-7-19(17)24)21(29)14-27-12-11-25-26-27/h16-20,28,30H,3-15H2,1-2H3/t16-,17-,18-,19?,20+,22+,23-,24+/m0/s1. The van der Waals surface area contributed by atoms with Crippen LogP contribution in [0.5, 0.6) is 0 Å². The van der Waals surface area contributed by atoms with Gasteiger partial charge in [0.25, 0.3) is 0 Å². The number of rotatable bonds is 4. The van der Waals surface area contributed by atoms with Crippen LogP contribution in [0.15, 0.2) is 10.3 Å². The molecular formula is C24H39N3O3. The van der Waals surface area contributed by atoms with Crippen molar-refractivity contribution in [3.05, 3.63) is 0 Å². The van der Waals surface area contributed by atoms with Gasteiger partial charge in [-0.05, 0) is 99.2 Å². The van der Waals surface area contributed by atoms with Gasteiger partial charge in [-0.1, -0.05) is 12.1 Å². The Labute approximate surface area is 180 Å². The summed E-state index contributed by atoms with van der Waals surface area (Å²) in [4.78, 5) is 13.2. The van der Waals surface area contributed by atoms with Crippen molar-refractivity contribution in [1.82, 2.24) is 5.01 Å². The first-order valence-electron chi connectivity index (χ1n) is 12.3. The van der Waals surface area contributed by atoms with Crippen LogP contribution >= 0.6 is 0 Å². The highest BCUT2D eigenvalue weighted by Crippen LogP contribution is 2.68. The molecule has 2 N–H and O–H groups in total. The van der Waals surface area contributed by atoms with Crippen LogP contribution in [0.4, 0.5) is 0 Å². The normalized spacial score (nSPS) is 50.1. The van der Waals surface area contributed by atoms with E-state index in [0.717, 1.165) is 57.9 Å². The number of hydrogen-bond acceptors (Lipinski definition) is 6. The highest BCUT2D eigenvalue weighted by atomic mass is 16.3. The fourth-order valence-electron chi connectivity index (χ4n) is 8.81. The third-order valence-electron chi connectivity index (χ3n) is 10.3. The molecule has 0 amide bonds. The van der Waals surface area contributed by atoms with Crippen molar-refractivity contribution in [2.75, 3.05) is 26.2 Å². The smallest absolute Gasteiger partial charge is 0.157 e. The highest BCUT2D eigenvalue weighted by molar-refractivity contribution is 5.84. The van der Waals surface area contributed by atoms with Crippen LogP contribution in [-0.2, 0) is 4.79 Å². The van der Waals surface area contributed by atoms with Crippen molar-refractivity contribution in [3.8, 4) is 0 Å². The molecule has 30 heavy (non-hydrogen) atoms. The van der Waals surface area contributed by atoms with Crippen LogP contribution in [0.3, 0.4) is 0 Å². The Morgan fingerprint density at radius 3 is 2.63 bits per heavy atom. The molecule has 0 spiro atoms. The summed E-state index contributed by atoms with van der Waals surface area (Å²) in [6.45, 7) is 6.53. The van der Waals surface area contributed by atoms with Crippen molar-refractivity contribution < 1.29 is 15.0 Å². The third-order valence-corrected chi connectivity index (χ3v) is 10.3. The second-order valence-corrected chi connectivity index (χ2v) is 11.7. The monoisotopic (exact) mass is 417 g/mol. The van der Waals surface area contributed by atoms with E-state index in [-0.39, 0.29) is 23.4 Å². The molecule has 8 atom stereocenters. The van der Waals surface area contributed by atoms with Crippen LogP contribution < -0.4 is 0 Å². The Morgan fingerprint density at radius 1 is 1.07 bits per heavy atom. The molecule has 5 aliphatic rings. The zero-order valence-electron chi connectivity index (χ0n) is 18.7. The summed E-state index contributed by atoms with van der Waals surface area (Å²) in [5, 5.41) is 31.3. The lowest BCUT2D eigenvalue weighted by Crippen LogP contribution is -2.58. The van der Waals surface area contributed by atoms with Gasteiger partial charge in [-0.2, -0.15) is 5.11 Å². The summed E-state index contributed by atoms with van der Waals surface area (Å²) in [6, 6.07) is 0. The molecule has 6 heteroatoms. The number of ketones is 1. The minimum Gasteiger partial charge on any atom is -0.396 e. The number of Topliss-reactive ketones (excluding diaryl/α,β-unsaturated/α-hetero) is 1. The van der Waals surface area contributed by atoms with E-state index in [1.165, 1.54) is 6.42 Å². The molecular weight excluding hydrogens is 378 g/mol. The van der Waals surface area contributed by atoms with Crippen molar-refractivity contribution >= 4 is 5.78 Å². The van der Waals surface area contributed by atoms with Crippen LogP contribution in [0.1, 0.15) is 71.6 Å². The average Bonchev–Trinajstić information content (AvgIpc) is 3.34.